The van der Waals surface area contributed by atoms with E-state index in [9.17, 15) is 4.79 Å². The van der Waals surface area contributed by atoms with E-state index in [0.717, 1.165) is 48.9 Å². The van der Waals surface area contributed by atoms with Crippen LogP contribution in [0.2, 0.25) is 10.0 Å². The minimum Gasteiger partial charge on any atom is -0.465 e. The molecular formula is C21H25Cl2NO2. The lowest BCUT2D eigenvalue weighted by Gasteiger charge is -2.12. The largest absolute Gasteiger partial charge is 0.465 e. The summed E-state index contributed by atoms with van der Waals surface area (Å²) in [5, 5.41) is 1.21. The van der Waals surface area contributed by atoms with Crippen LogP contribution >= 0.6 is 23.2 Å². The maximum atomic E-state index is 12.1. The van der Waals surface area contributed by atoms with Crippen molar-refractivity contribution in [2.75, 3.05) is 27.7 Å². The van der Waals surface area contributed by atoms with E-state index in [4.69, 9.17) is 27.9 Å². The fourth-order valence-electron chi connectivity index (χ4n) is 2.88. The van der Waals surface area contributed by atoms with Gasteiger partial charge in [0, 0.05) is 15.6 Å². The molecule has 0 radical (unpaired) electrons. The van der Waals surface area contributed by atoms with E-state index in [1.54, 1.807) is 18.2 Å². The molecule has 0 amide bonds. The Balaban J connectivity index is 2.25. The third-order valence-corrected chi connectivity index (χ3v) is 4.79. The number of ether oxygens (including phenoxy) is 1. The number of unbranched alkanes of at least 4 members (excludes halogenated alkanes) is 2. The molecule has 0 heterocycles. The van der Waals surface area contributed by atoms with Gasteiger partial charge in [-0.05, 0) is 81.4 Å². The van der Waals surface area contributed by atoms with Gasteiger partial charge in [-0.1, -0.05) is 35.7 Å². The molecule has 2 aromatic rings. The van der Waals surface area contributed by atoms with Crippen molar-refractivity contribution in [1.29, 1.82) is 0 Å². The molecule has 3 nitrogen and oxygen atoms in total. The van der Waals surface area contributed by atoms with Crippen molar-refractivity contribution in [3.05, 3.63) is 57.6 Å². The van der Waals surface area contributed by atoms with Gasteiger partial charge in [0.2, 0.25) is 0 Å². The van der Waals surface area contributed by atoms with Crippen LogP contribution in [0.15, 0.2) is 36.4 Å². The Bertz CT molecular complexity index is 760. The monoisotopic (exact) mass is 393 g/mol. The number of methoxy groups -OCH3 is 1. The van der Waals surface area contributed by atoms with Crippen molar-refractivity contribution < 1.29 is 9.53 Å². The highest BCUT2D eigenvalue weighted by atomic mass is 35.5. The topological polar surface area (TPSA) is 29.5 Å². The summed E-state index contributed by atoms with van der Waals surface area (Å²) in [5.74, 6) is -0.348. The molecule has 0 atom stereocenters. The maximum Gasteiger partial charge on any atom is 0.337 e. The minimum atomic E-state index is -0.348. The van der Waals surface area contributed by atoms with E-state index >= 15 is 0 Å². The lowest BCUT2D eigenvalue weighted by atomic mass is 9.97. The molecule has 26 heavy (non-hydrogen) atoms. The standard InChI is InChI=1S/C21H25Cl2NO2/c1-24(2)10-6-4-5-7-15-11-16(13-17(12-15)21(25)26-3)19-14-18(22)8-9-20(19)23/h8-9,11-14H,4-7,10H2,1-3H3. The molecule has 2 rings (SSSR count). The number of esters is 1. The first-order valence-electron chi connectivity index (χ1n) is 8.73. The Morgan fingerprint density at radius 1 is 1.04 bits per heavy atom. The molecule has 0 bridgehead atoms. The number of nitrogens with zero attached hydrogens (tertiary/aromatic N) is 1. The zero-order chi connectivity index (χ0) is 19.1. The zero-order valence-electron chi connectivity index (χ0n) is 15.5. The first kappa shape index (κ1) is 20.8. The smallest absolute Gasteiger partial charge is 0.337 e. The van der Waals surface area contributed by atoms with E-state index < -0.39 is 0 Å². The Morgan fingerprint density at radius 2 is 1.81 bits per heavy atom. The van der Waals surface area contributed by atoms with Crippen LogP contribution in [0.1, 0.15) is 35.2 Å². The van der Waals surface area contributed by atoms with Crippen molar-refractivity contribution in [3.8, 4) is 11.1 Å². The third-order valence-electron chi connectivity index (χ3n) is 4.22. The second kappa shape index (κ2) is 9.96. The van der Waals surface area contributed by atoms with Gasteiger partial charge in [0.05, 0.1) is 12.7 Å². The second-order valence-electron chi connectivity index (χ2n) is 6.65. The Labute approximate surface area is 165 Å². The van der Waals surface area contributed by atoms with Gasteiger partial charge < -0.3 is 9.64 Å². The first-order valence-corrected chi connectivity index (χ1v) is 9.48. The summed E-state index contributed by atoms with van der Waals surface area (Å²) in [6.07, 6.45) is 4.29. The van der Waals surface area contributed by atoms with Crippen LogP contribution in [0, 0.1) is 0 Å². The van der Waals surface area contributed by atoms with Crippen LogP contribution in [0.3, 0.4) is 0 Å². The summed E-state index contributed by atoms with van der Waals surface area (Å²) in [4.78, 5) is 14.3. The van der Waals surface area contributed by atoms with Gasteiger partial charge in [-0.15, -0.1) is 0 Å². The summed E-state index contributed by atoms with van der Waals surface area (Å²) in [6, 6.07) is 11.1. The molecule has 5 heteroatoms. The van der Waals surface area contributed by atoms with Gasteiger partial charge in [0.25, 0.3) is 0 Å². The van der Waals surface area contributed by atoms with Gasteiger partial charge >= 0.3 is 5.97 Å². The van der Waals surface area contributed by atoms with Crippen molar-refractivity contribution in [1.82, 2.24) is 4.90 Å². The Morgan fingerprint density at radius 3 is 2.50 bits per heavy atom. The molecular weight excluding hydrogens is 369 g/mol. The Kier molecular flexibility index (Phi) is 7.95. The van der Waals surface area contributed by atoms with Gasteiger partial charge in [-0.3, -0.25) is 0 Å². The number of hydrogen-bond acceptors (Lipinski definition) is 3. The summed E-state index contributed by atoms with van der Waals surface area (Å²) in [5.41, 5.74) is 3.33. The first-order chi connectivity index (χ1) is 12.4. The average Bonchev–Trinajstić information content (AvgIpc) is 2.62. The molecule has 0 unspecified atom stereocenters. The van der Waals surface area contributed by atoms with Crippen molar-refractivity contribution in [3.63, 3.8) is 0 Å². The number of rotatable bonds is 8. The highest BCUT2D eigenvalue weighted by Crippen LogP contribution is 2.32. The molecule has 0 aliphatic rings. The Hall–Kier alpha value is -1.55. The molecule has 0 saturated carbocycles. The van der Waals surface area contributed by atoms with E-state index in [1.807, 2.05) is 12.1 Å². The number of hydrogen-bond donors (Lipinski definition) is 0. The highest BCUT2D eigenvalue weighted by Gasteiger charge is 2.12. The second-order valence-corrected chi connectivity index (χ2v) is 7.49. The van der Waals surface area contributed by atoms with Crippen LogP contribution < -0.4 is 0 Å². The third kappa shape index (κ3) is 6.01. The molecule has 0 aliphatic heterocycles. The summed E-state index contributed by atoms with van der Waals surface area (Å²) in [6.45, 7) is 1.09. The van der Waals surface area contributed by atoms with E-state index in [0.29, 0.717) is 15.6 Å². The van der Waals surface area contributed by atoms with Crippen LogP contribution in [0.25, 0.3) is 11.1 Å². The minimum absolute atomic E-state index is 0.348. The molecule has 0 aliphatic carbocycles. The quantitative estimate of drug-likeness (QED) is 0.424. The fourth-order valence-corrected chi connectivity index (χ4v) is 3.28. The van der Waals surface area contributed by atoms with Gasteiger partial charge in [0.1, 0.15) is 0 Å². The normalized spacial score (nSPS) is 11.0. The molecule has 0 aromatic heterocycles. The van der Waals surface area contributed by atoms with Crippen LogP contribution in [0.4, 0.5) is 0 Å². The lowest BCUT2D eigenvalue weighted by molar-refractivity contribution is 0.0600. The molecule has 0 saturated heterocycles. The van der Waals surface area contributed by atoms with E-state index in [-0.39, 0.29) is 5.97 Å². The van der Waals surface area contributed by atoms with Crippen LogP contribution in [0.5, 0.6) is 0 Å². The number of carbonyl (C=O) groups is 1. The summed E-state index contributed by atoms with van der Waals surface area (Å²) < 4.78 is 4.90. The predicted molar refractivity (Wildman–Crippen MR) is 109 cm³/mol. The number of aryl methyl sites for hydroxylation is 1. The number of halogens is 2. The van der Waals surface area contributed by atoms with E-state index in [1.165, 1.54) is 7.11 Å². The zero-order valence-corrected chi connectivity index (χ0v) is 17.0. The van der Waals surface area contributed by atoms with Gasteiger partial charge in [-0.2, -0.15) is 0 Å². The predicted octanol–water partition coefficient (Wildman–Crippen LogP) is 5.72. The fraction of sp³-hybridized carbons (Fsp3) is 0.381. The SMILES string of the molecule is COC(=O)c1cc(CCCCCN(C)C)cc(-c2cc(Cl)ccc2Cl)c1. The van der Waals surface area contributed by atoms with E-state index in [2.05, 4.69) is 25.1 Å². The van der Waals surface area contributed by atoms with Crippen LogP contribution in [-0.2, 0) is 11.2 Å². The van der Waals surface area contributed by atoms with Crippen molar-refractivity contribution in [2.45, 2.75) is 25.7 Å². The molecule has 0 spiro atoms. The van der Waals surface area contributed by atoms with Crippen molar-refractivity contribution >= 4 is 29.2 Å². The summed E-state index contributed by atoms with van der Waals surface area (Å²) >= 11 is 12.5. The van der Waals surface area contributed by atoms with Crippen molar-refractivity contribution in [2.24, 2.45) is 0 Å². The molecule has 2 aromatic carbocycles. The highest BCUT2D eigenvalue weighted by molar-refractivity contribution is 6.35. The average molecular weight is 394 g/mol. The van der Waals surface area contributed by atoms with Gasteiger partial charge in [0.15, 0.2) is 0 Å². The molecule has 0 N–H and O–H groups in total. The number of benzene rings is 2. The summed E-state index contributed by atoms with van der Waals surface area (Å²) in [7, 11) is 5.56. The maximum absolute atomic E-state index is 12.1. The van der Waals surface area contributed by atoms with Crippen LogP contribution in [-0.4, -0.2) is 38.6 Å². The molecule has 0 fully saturated rings. The number of carbonyl (C=O) groups excluding carboxylic acids is 1. The lowest BCUT2D eigenvalue weighted by Crippen LogP contribution is -2.12. The van der Waals surface area contributed by atoms with Gasteiger partial charge in [-0.25, -0.2) is 4.79 Å². The molecule has 140 valence electrons.